The van der Waals surface area contributed by atoms with Crippen LogP contribution in [0.5, 0.6) is 0 Å². The first-order valence-corrected chi connectivity index (χ1v) is 4.68. The van der Waals surface area contributed by atoms with Crippen molar-refractivity contribution in [1.29, 1.82) is 0 Å². The second kappa shape index (κ2) is 3.38. The Morgan fingerprint density at radius 1 is 1.60 bits per heavy atom. The van der Waals surface area contributed by atoms with E-state index in [0.29, 0.717) is 11.7 Å². The van der Waals surface area contributed by atoms with E-state index in [4.69, 9.17) is 10.8 Å². The molecule has 1 fully saturated rings. The lowest BCUT2D eigenvalue weighted by Gasteiger charge is -2.03. The van der Waals surface area contributed by atoms with Crippen molar-refractivity contribution in [3.8, 4) is 0 Å². The van der Waals surface area contributed by atoms with Crippen LogP contribution in [-0.2, 0) is 11.2 Å². The van der Waals surface area contributed by atoms with Crippen molar-refractivity contribution in [2.24, 2.45) is 0 Å². The van der Waals surface area contributed by atoms with Crippen molar-refractivity contribution in [2.75, 3.05) is 5.73 Å². The smallest absolute Gasteiger partial charge is 0.308 e. The zero-order chi connectivity index (χ0) is 11.0. The Bertz CT molecular complexity index is 462. The van der Waals surface area contributed by atoms with E-state index in [1.807, 2.05) is 0 Å². The molecule has 0 atom stereocenters. The predicted molar refractivity (Wildman–Crippen MR) is 52.6 cm³/mol. The molecule has 0 unspecified atom stereocenters. The van der Waals surface area contributed by atoms with Gasteiger partial charge < -0.3 is 15.8 Å². The van der Waals surface area contributed by atoms with Crippen LogP contribution >= 0.6 is 0 Å². The Morgan fingerprint density at radius 3 is 2.73 bits per heavy atom. The highest BCUT2D eigenvalue weighted by molar-refractivity contribution is 5.71. The van der Waals surface area contributed by atoms with Crippen molar-refractivity contribution < 1.29 is 9.90 Å². The SMILES string of the molecule is Nc1nc(C2CC2)[nH]c(=O)c1CC(=O)O. The molecule has 0 amide bonds. The van der Waals surface area contributed by atoms with E-state index in [2.05, 4.69) is 9.97 Å². The topological polar surface area (TPSA) is 109 Å². The summed E-state index contributed by atoms with van der Waals surface area (Å²) in [6.45, 7) is 0. The molecule has 0 aromatic carbocycles. The van der Waals surface area contributed by atoms with Crippen LogP contribution in [0, 0.1) is 0 Å². The van der Waals surface area contributed by atoms with Crippen LogP contribution in [0.2, 0.25) is 0 Å². The third-order valence-corrected chi connectivity index (χ3v) is 2.36. The van der Waals surface area contributed by atoms with Gasteiger partial charge >= 0.3 is 5.97 Å². The minimum absolute atomic E-state index is 0.0306. The van der Waals surface area contributed by atoms with Gasteiger partial charge in [-0.05, 0) is 12.8 Å². The lowest BCUT2D eigenvalue weighted by Crippen LogP contribution is -2.21. The number of nitrogens with two attached hydrogens (primary N) is 1. The molecule has 0 saturated heterocycles. The minimum Gasteiger partial charge on any atom is -0.481 e. The van der Waals surface area contributed by atoms with Gasteiger partial charge in [-0.2, -0.15) is 0 Å². The van der Waals surface area contributed by atoms with Crippen molar-refractivity contribution in [2.45, 2.75) is 25.2 Å². The Hall–Kier alpha value is -1.85. The van der Waals surface area contributed by atoms with Gasteiger partial charge in [-0.3, -0.25) is 9.59 Å². The number of nitrogens with zero attached hydrogens (tertiary/aromatic N) is 1. The molecule has 1 saturated carbocycles. The number of hydrogen-bond acceptors (Lipinski definition) is 4. The summed E-state index contributed by atoms with van der Waals surface area (Å²) in [5.41, 5.74) is 5.14. The molecule has 80 valence electrons. The van der Waals surface area contributed by atoms with Gasteiger partial charge in [-0.25, -0.2) is 4.98 Å². The van der Waals surface area contributed by atoms with Gasteiger partial charge in [0.1, 0.15) is 11.6 Å². The lowest BCUT2D eigenvalue weighted by molar-refractivity contribution is -0.136. The molecular weight excluding hydrogens is 198 g/mol. The number of H-pyrrole nitrogens is 1. The second-order valence-corrected chi connectivity index (χ2v) is 3.66. The monoisotopic (exact) mass is 209 g/mol. The number of anilines is 1. The number of hydrogen-bond donors (Lipinski definition) is 3. The van der Waals surface area contributed by atoms with Gasteiger partial charge in [0.2, 0.25) is 0 Å². The van der Waals surface area contributed by atoms with Gasteiger partial charge in [-0.1, -0.05) is 0 Å². The second-order valence-electron chi connectivity index (χ2n) is 3.66. The molecule has 6 nitrogen and oxygen atoms in total. The van der Waals surface area contributed by atoms with Gasteiger partial charge in [0.15, 0.2) is 0 Å². The highest BCUT2D eigenvalue weighted by atomic mass is 16.4. The van der Waals surface area contributed by atoms with Gasteiger partial charge in [0.05, 0.1) is 12.0 Å². The van der Waals surface area contributed by atoms with Crippen LogP contribution in [0.4, 0.5) is 5.82 Å². The Balaban J connectivity index is 2.39. The van der Waals surface area contributed by atoms with Crippen molar-refractivity contribution >= 4 is 11.8 Å². The van der Waals surface area contributed by atoms with Crippen LogP contribution in [0.3, 0.4) is 0 Å². The Labute approximate surface area is 85.1 Å². The molecule has 0 bridgehead atoms. The van der Waals surface area contributed by atoms with Crippen LogP contribution < -0.4 is 11.3 Å². The summed E-state index contributed by atoms with van der Waals surface area (Å²) in [6, 6.07) is 0. The van der Waals surface area contributed by atoms with E-state index in [1.54, 1.807) is 0 Å². The maximum absolute atomic E-state index is 11.5. The number of aromatic amines is 1. The minimum atomic E-state index is -1.09. The molecule has 2 rings (SSSR count). The molecule has 1 heterocycles. The van der Waals surface area contributed by atoms with Crippen LogP contribution in [-0.4, -0.2) is 21.0 Å². The molecule has 0 radical (unpaired) electrons. The fourth-order valence-electron chi connectivity index (χ4n) is 1.41. The average Bonchev–Trinajstić information content (AvgIpc) is 2.93. The first-order chi connectivity index (χ1) is 7.08. The number of carbonyl (C=O) groups is 1. The number of rotatable bonds is 3. The Kier molecular flexibility index (Phi) is 2.18. The highest BCUT2D eigenvalue weighted by Crippen LogP contribution is 2.37. The van der Waals surface area contributed by atoms with E-state index < -0.39 is 11.5 Å². The molecule has 4 N–H and O–H groups in total. The third kappa shape index (κ3) is 1.98. The zero-order valence-electron chi connectivity index (χ0n) is 7.99. The third-order valence-electron chi connectivity index (χ3n) is 2.36. The van der Waals surface area contributed by atoms with Crippen molar-refractivity contribution in [1.82, 2.24) is 9.97 Å². The predicted octanol–water partition coefficient (Wildman–Crippen LogP) is -0.143. The number of aromatic nitrogens is 2. The fraction of sp³-hybridized carbons (Fsp3) is 0.444. The van der Waals surface area contributed by atoms with E-state index in [0.717, 1.165) is 12.8 Å². The van der Waals surface area contributed by atoms with E-state index in [-0.39, 0.29) is 17.8 Å². The highest BCUT2D eigenvalue weighted by Gasteiger charge is 2.27. The van der Waals surface area contributed by atoms with E-state index >= 15 is 0 Å². The molecular formula is C9H11N3O3. The normalized spacial score (nSPS) is 15.2. The zero-order valence-corrected chi connectivity index (χ0v) is 7.99. The summed E-state index contributed by atoms with van der Waals surface area (Å²) in [5.74, 6) is -0.193. The molecule has 0 aliphatic heterocycles. The number of aliphatic carboxylic acids is 1. The fourth-order valence-corrected chi connectivity index (χ4v) is 1.41. The Morgan fingerprint density at radius 2 is 2.27 bits per heavy atom. The molecule has 1 aliphatic carbocycles. The quantitative estimate of drug-likeness (QED) is 0.641. The van der Waals surface area contributed by atoms with E-state index in [1.165, 1.54) is 0 Å². The molecule has 6 heteroatoms. The molecule has 15 heavy (non-hydrogen) atoms. The molecule has 1 aromatic heterocycles. The first-order valence-electron chi connectivity index (χ1n) is 4.68. The molecule has 0 spiro atoms. The summed E-state index contributed by atoms with van der Waals surface area (Å²) < 4.78 is 0. The standard InChI is InChI=1S/C9H11N3O3/c10-7-5(3-6(13)14)9(15)12-8(11-7)4-1-2-4/h4H,1-3H2,(H,13,14)(H3,10,11,12,15). The number of carboxylic acid groups (broad SMARTS) is 1. The summed E-state index contributed by atoms with van der Waals surface area (Å²) in [6.07, 6.45) is 1.61. The summed E-state index contributed by atoms with van der Waals surface area (Å²) in [7, 11) is 0. The summed E-state index contributed by atoms with van der Waals surface area (Å²) in [5, 5.41) is 8.57. The van der Waals surface area contributed by atoms with Crippen LogP contribution in [0.15, 0.2) is 4.79 Å². The van der Waals surface area contributed by atoms with Crippen molar-refractivity contribution in [3.63, 3.8) is 0 Å². The molecule has 1 aromatic rings. The number of nitrogen functional groups attached to an aromatic ring is 1. The van der Waals surface area contributed by atoms with Crippen LogP contribution in [0.1, 0.15) is 30.1 Å². The number of carboxylic acids is 1. The summed E-state index contributed by atoms with van der Waals surface area (Å²) in [4.78, 5) is 28.5. The largest absolute Gasteiger partial charge is 0.481 e. The molecule has 1 aliphatic rings. The van der Waals surface area contributed by atoms with Gasteiger partial charge in [0, 0.05) is 5.92 Å². The summed E-state index contributed by atoms with van der Waals surface area (Å²) >= 11 is 0. The lowest BCUT2D eigenvalue weighted by atomic mass is 10.2. The van der Waals surface area contributed by atoms with Gasteiger partial charge in [0.25, 0.3) is 5.56 Å². The maximum Gasteiger partial charge on any atom is 0.308 e. The van der Waals surface area contributed by atoms with E-state index in [9.17, 15) is 9.59 Å². The average molecular weight is 209 g/mol. The maximum atomic E-state index is 11.5. The van der Waals surface area contributed by atoms with Crippen LogP contribution in [0.25, 0.3) is 0 Å². The van der Waals surface area contributed by atoms with Crippen molar-refractivity contribution in [3.05, 3.63) is 21.7 Å². The first kappa shape index (κ1) is 9.70. The van der Waals surface area contributed by atoms with Gasteiger partial charge in [-0.15, -0.1) is 0 Å². The number of nitrogens with one attached hydrogen (secondary N) is 1.